The van der Waals surface area contributed by atoms with Crippen LogP contribution in [0.3, 0.4) is 0 Å². The van der Waals surface area contributed by atoms with Crippen LogP contribution in [0.25, 0.3) is 0 Å². The molecule has 0 aromatic heterocycles. The maximum absolute atomic E-state index is 11.9. The summed E-state index contributed by atoms with van der Waals surface area (Å²) in [5.74, 6) is -1.50. The first-order valence-corrected chi connectivity index (χ1v) is 4.80. The van der Waals surface area contributed by atoms with Crippen LogP contribution in [-0.4, -0.2) is 18.4 Å². The second-order valence-electron chi connectivity index (χ2n) is 3.34. The van der Waals surface area contributed by atoms with Gasteiger partial charge in [0, 0.05) is 5.56 Å². The van der Waals surface area contributed by atoms with E-state index in [1.54, 1.807) is 0 Å². The van der Waals surface area contributed by atoms with Crippen LogP contribution in [0.2, 0.25) is 0 Å². The minimum absolute atomic E-state index is 0.0702. The number of carbonyl (C=O) groups is 2. The average molecular weight is 278 g/mol. The topological polar surface area (TPSA) is 105 Å². The Labute approximate surface area is 105 Å². The molecule has 6 nitrogen and oxygen atoms in total. The van der Waals surface area contributed by atoms with Crippen LogP contribution < -0.4 is 16.2 Å². The molecule has 1 atom stereocenters. The monoisotopic (exact) mass is 278 g/mol. The lowest BCUT2D eigenvalue weighted by molar-refractivity contribution is -0.274. The molecule has 2 amide bonds. The first-order valence-electron chi connectivity index (χ1n) is 4.80. The lowest BCUT2D eigenvalue weighted by atomic mass is 10.1. The standard InChI is InChI=1S/C10H9F3N2O4/c11-10(12,13)19-6-3-1-5(2-4-6)7(8(14)16)18-9(15)17/h1-4,7H,(H2,14,16)(H2,15,17). The van der Waals surface area contributed by atoms with Crippen molar-refractivity contribution in [2.24, 2.45) is 11.5 Å². The Morgan fingerprint density at radius 1 is 1.11 bits per heavy atom. The van der Waals surface area contributed by atoms with Gasteiger partial charge in [0.15, 0.2) is 0 Å². The molecule has 0 aliphatic carbocycles. The second-order valence-corrected chi connectivity index (χ2v) is 3.34. The van der Waals surface area contributed by atoms with Gasteiger partial charge in [-0.1, -0.05) is 12.1 Å². The zero-order chi connectivity index (χ0) is 14.6. The molecule has 1 unspecified atom stereocenters. The zero-order valence-corrected chi connectivity index (χ0v) is 9.31. The van der Waals surface area contributed by atoms with Gasteiger partial charge in [-0.2, -0.15) is 0 Å². The van der Waals surface area contributed by atoms with E-state index in [-0.39, 0.29) is 5.56 Å². The van der Waals surface area contributed by atoms with Gasteiger partial charge in [-0.25, -0.2) is 4.79 Å². The summed E-state index contributed by atoms with van der Waals surface area (Å²) < 4.78 is 43.8. The second kappa shape index (κ2) is 5.46. The first kappa shape index (κ1) is 14.6. The Bertz CT molecular complexity index is 473. The fourth-order valence-electron chi connectivity index (χ4n) is 1.25. The number of carbonyl (C=O) groups excluding carboxylic acids is 2. The predicted molar refractivity (Wildman–Crippen MR) is 55.7 cm³/mol. The highest BCUT2D eigenvalue weighted by molar-refractivity contribution is 5.83. The third-order valence-electron chi connectivity index (χ3n) is 1.91. The fraction of sp³-hybridized carbons (Fsp3) is 0.200. The Kier molecular flexibility index (Phi) is 4.20. The van der Waals surface area contributed by atoms with E-state index in [4.69, 9.17) is 11.5 Å². The van der Waals surface area contributed by atoms with E-state index in [1.807, 2.05) is 0 Å². The zero-order valence-electron chi connectivity index (χ0n) is 9.31. The van der Waals surface area contributed by atoms with Crippen LogP contribution in [-0.2, 0) is 9.53 Å². The molecule has 0 saturated carbocycles. The molecule has 4 N–H and O–H groups in total. The summed E-state index contributed by atoms with van der Waals surface area (Å²) in [4.78, 5) is 21.6. The number of rotatable bonds is 4. The average Bonchev–Trinajstić information content (AvgIpc) is 2.24. The van der Waals surface area contributed by atoms with E-state index in [0.29, 0.717) is 0 Å². The van der Waals surface area contributed by atoms with Gasteiger partial charge >= 0.3 is 12.5 Å². The molecule has 104 valence electrons. The summed E-state index contributed by atoms with van der Waals surface area (Å²) in [7, 11) is 0. The Balaban J connectivity index is 2.89. The molecular formula is C10H9F3N2O4. The van der Waals surface area contributed by atoms with Crippen molar-refractivity contribution >= 4 is 12.0 Å². The number of nitrogens with two attached hydrogens (primary N) is 2. The predicted octanol–water partition coefficient (Wildman–Crippen LogP) is 1.21. The number of benzene rings is 1. The number of halogens is 3. The van der Waals surface area contributed by atoms with Crippen LogP contribution in [0.5, 0.6) is 5.75 Å². The first-order chi connectivity index (χ1) is 8.69. The normalized spacial score (nSPS) is 12.6. The molecule has 1 aromatic carbocycles. The molecule has 19 heavy (non-hydrogen) atoms. The SMILES string of the molecule is NC(=O)OC(C(N)=O)c1ccc(OC(F)(F)F)cc1. The van der Waals surface area contributed by atoms with E-state index in [9.17, 15) is 22.8 Å². The van der Waals surface area contributed by atoms with Crippen LogP contribution in [0.15, 0.2) is 24.3 Å². The number of alkyl halides is 3. The molecule has 0 saturated heterocycles. The highest BCUT2D eigenvalue weighted by Gasteiger charge is 2.31. The third kappa shape index (κ3) is 4.74. The molecule has 0 heterocycles. The summed E-state index contributed by atoms with van der Waals surface area (Å²) in [5.41, 5.74) is 9.78. The van der Waals surface area contributed by atoms with E-state index in [2.05, 4.69) is 9.47 Å². The lowest BCUT2D eigenvalue weighted by Crippen LogP contribution is -2.28. The van der Waals surface area contributed by atoms with E-state index in [1.165, 1.54) is 0 Å². The largest absolute Gasteiger partial charge is 0.573 e. The molecule has 1 rings (SSSR count). The van der Waals surface area contributed by atoms with Gasteiger partial charge in [-0.05, 0) is 12.1 Å². The maximum Gasteiger partial charge on any atom is 0.573 e. The van der Waals surface area contributed by atoms with Crippen molar-refractivity contribution in [3.8, 4) is 5.75 Å². The van der Waals surface area contributed by atoms with Crippen LogP contribution in [0.4, 0.5) is 18.0 Å². The van der Waals surface area contributed by atoms with E-state index in [0.717, 1.165) is 24.3 Å². The van der Waals surface area contributed by atoms with Gasteiger partial charge in [0.05, 0.1) is 0 Å². The lowest BCUT2D eigenvalue weighted by Gasteiger charge is -2.14. The molecule has 9 heteroatoms. The number of amides is 2. The molecule has 0 aliphatic rings. The molecule has 0 radical (unpaired) electrons. The van der Waals surface area contributed by atoms with Crippen molar-refractivity contribution < 1.29 is 32.2 Å². The van der Waals surface area contributed by atoms with E-state index < -0.39 is 30.2 Å². The summed E-state index contributed by atoms with van der Waals surface area (Å²) >= 11 is 0. The van der Waals surface area contributed by atoms with Crippen molar-refractivity contribution in [2.45, 2.75) is 12.5 Å². The summed E-state index contributed by atoms with van der Waals surface area (Å²) in [6.07, 6.45) is -7.54. The van der Waals surface area contributed by atoms with Crippen molar-refractivity contribution in [1.29, 1.82) is 0 Å². The number of hydrogen-bond donors (Lipinski definition) is 2. The minimum atomic E-state index is -4.83. The minimum Gasteiger partial charge on any atom is -0.431 e. The molecule has 0 bridgehead atoms. The molecule has 0 spiro atoms. The van der Waals surface area contributed by atoms with Gasteiger partial charge in [0.2, 0.25) is 6.10 Å². The van der Waals surface area contributed by atoms with Crippen molar-refractivity contribution in [3.05, 3.63) is 29.8 Å². The smallest absolute Gasteiger partial charge is 0.431 e. The summed E-state index contributed by atoms with van der Waals surface area (Å²) in [5, 5.41) is 0. The Hall–Kier alpha value is -2.45. The van der Waals surface area contributed by atoms with Crippen molar-refractivity contribution in [2.75, 3.05) is 0 Å². The van der Waals surface area contributed by atoms with Crippen LogP contribution >= 0.6 is 0 Å². The maximum atomic E-state index is 11.9. The van der Waals surface area contributed by atoms with Gasteiger partial charge in [0.25, 0.3) is 5.91 Å². The summed E-state index contributed by atoms with van der Waals surface area (Å²) in [6.45, 7) is 0. The Morgan fingerprint density at radius 2 is 1.63 bits per heavy atom. The van der Waals surface area contributed by atoms with E-state index >= 15 is 0 Å². The molecule has 0 aliphatic heterocycles. The molecule has 0 fully saturated rings. The van der Waals surface area contributed by atoms with Gasteiger partial charge in [0.1, 0.15) is 5.75 Å². The quantitative estimate of drug-likeness (QED) is 0.863. The highest BCUT2D eigenvalue weighted by atomic mass is 19.4. The van der Waals surface area contributed by atoms with Gasteiger partial charge in [-0.3, -0.25) is 4.79 Å². The Morgan fingerprint density at radius 3 is 2.00 bits per heavy atom. The van der Waals surface area contributed by atoms with Crippen LogP contribution in [0, 0.1) is 0 Å². The summed E-state index contributed by atoms with van der Waals surface area (Å²) in [6, 6.07) is 4.09. The highest BCUT2D eigenvalue weighted by Crippen LogP contribution is 2.25. The van der Waals surface area contributed by atoms with Crippen molar-refractivity contribution in [1.82, 2.24) is 0 Å². The number of primary amides is 2. The van der Waals surface area contributed by atoms with Gasteiger partial charge in [-0.15, -0.1) is 13.2 Å². The molecular weight excluding hydrogens is 269 g/mol. The van der Waals surface area contributed by atoms with Gasteiger partial charge < -0.3 is 20.9 Å². The fourth-order valence-corrected chi connectivity index (χ4v) is 1.25. The third-order valence-corrected chi connectivity index (χ3v) is 1.91. The number of hydrogen-bond acceptors (Lipinski definition) is 4. The molecule has 1 aromatic rings. The van der Waals surface area contributed by atoms with Crippen molar-refractivity contribution in [3.63, 3.8) is 0 Å². The number of ether oxygens (including phenoxy) is 2. The van der Waals surface area contributed by atoms with Crippen LogP contribution in [0.1, 0.15) is 11.7 Å².